The van der Waals surface area contributed by atoms with Gasteiger partial charge in [-0.1, -0.05) is 31.9 Å². The van der Waals surface area contributed by atoms with Crippen LogP contribution in [0.3, 0.4) is 0 Å². The van der Waals surface area contributed by atoms with E-state index in [2.05, 4.69) is 31.9 Å². The van der Waals surface area contributed by atoms with Crippen LogP contribution in [0.4, 0.5) is 0 Å². The van der Waals surface area contributed by atoms with E-state index in [0.29, 0.717) is 8.95 Å². The van der Waals surface area contributed by atoms with Crippen molar-refractivity contribution in [2.45, 2.75) is 0 Å². The first-order valence-corrected chi connectivity index (χ1v) is 6.63. The molecular formula is C11H10Br2N2O4. The van der Waals surface area contributed by atoms with Crippen molar-refractivity contribution in [3.63, 3.8) is 0 Å². The Morgan fingerprint density at radius 2 is 1.63 bits per heavy atom. The molecular weight excluding hydrogens is 384 g/mol. The number of benzene rings is 1. The fourth-order valence-electron chi connectivity index (χ4n) is 1.41. The van der Waals surface area contributed by atoms with Crippen molar-refractivity contribution in [1.82, 2.24) is 4.90 Å². The van der Waals surface area contributed by atoms with Crippen LogP contribution in [0.25, 0.3) is 0 Å². The second-order valence-corrected chi connectivity index (χ2v) is 5.51. The Bertz CT molecular complexity index is 497. The van der Waals surface area contributed by atoms with Crippen molar-refractivity contribution in [2.75, 3.05) is 13.1 Å². The van der Waals surface area contributed by atoms with Crippen LogP contribution in [-0.2, 0) is 9.59 Å². The Hall–Kier alpha value is -1.41. The number of carboxylic acids is 1. The third kappa shape index (κ3) is 4.99. The number of carbonyl (C=O) groups is 3. The van der Waals surface area contributed by atoms with Crippen LogP contribution in [-0.4, -0.2) is 40.9 Å². The fraction of sp³-hybridized carbons (Fsp3) is 0.182. The topological polar surface area (TPSA) is 101 Å². The maximum atomic E-state index is 12.1. The number of carboxylic acid groups (broad SMARTS) is 1. The monoisotopic (exact) mass is 392 g/mol. The minimum Gasteiger partial charge on any atom is -0.480 e. The molecule has 0 fully saturated rings. The number of halogens is 2. The maximum absolute atomic E-state index is 12.1. The molecule has 0 aliphatic heterocycles. The highest BCUT2D eigenvalue weighted by atomic mass is 79.9. The summed E-state index contributed by atoms with van der Waals surface area (Å²) in [5, 5.41) is 8.74. The summed E-state index contributed by atoms with van der Waals surface area (Å²) >= 11 is 6.45. The molecule has 102 valence electrons. The van der Waals surface area contributed by atoms with Crippen molar-refractivity contribution in [2.24, 2.45) is 5.73 Å². The molecule has 8 heteroatoms. The van der Waals surface area contributed by atoms with Crippen LogP contribution >= 0.6 is 31.9 Å². The summed E-state index contributed by atoms with van der Waals surface area (Å²) in [6.45, 7) is -1.04. The van der Waals surface area contributed by atoms with E-state index in [-0.39, 0.29) is 5.56 Å². The van der Waals surface area contributed by atoms with Gasteiger partial charge in [-0.2, -0.15) is 0 Å². The van der Waals surface area contributed by atoms with Gasteiger partial charge in [-0.3, -0.25) is 14.4 Å². The van der Waals surface area contributed by atoms with Gasteiger partial charge in [0.15, 0.2) is 0 Å². The van der Waals surface area contributed by atoms with Gasteiger partial charge in [0.25, 0.3) is 5.91 Å². The zero-order valence-electron chi connectivity index (χ0n) is 9.60. The molecule has 0 aliphatic carbocycles. The maximum Gasteiger partial charge on any atom is 0.323 e. The molecule has 0 unspecified atom stereocenters. The van der Waals surface area contributed by atoms with Crippen molar-refractivity contribution >= 4 is 49.6 Å². The molecule has 1 aromatic rings. The van der Waals surface area contributed by atoms with Gasteiger partial charge in [-0.05, 0) is 18.2 Å². The molecule has 0 bridgehead atoms. The lowest BCUT2D eigenvalue weighted by atomic mass is 10.2. The lowest BCUT2D eigenvalue weighted by Gasteiger charge is -2.19. The highest BCUT2D eigenvalue weighted by Gasteiger charge is 2.20. The second-order valence-electron chi connectivity index (χ2n) is 3.68. The molecule has 3 N–H and O–H groups in total. The molecule has 19 heavy (non-hydrogen) atoms. The number of primary amides is 1. The summed E-state index contributed by atoms with van der Waals surface area (Å²) in [5.74, 6) is -2.57. The molecule has 0 radical (unpaired) electrons. The zero-order chi connectivity index (χ0) is 14.6. The Morgan fingerprint density at radius 1 is 1.11 bits per heavy atom. The van der Waals surface area contributed by atoms with Crippen LogP contribution in [0, 0.1) is 0 Å². The molecule has 0 saturated carbocycles. The minimum absolute atomic E-state index is 0.253. The second kappa shape index (κ2) is 6.67. The predicted molar refractivity (Wildman–Crippen MR) is 74.6 cm³/mol. The summed E-state index contributed by atoms with van der Waals surface area (Å²) < 4.78 is 1.30. The number of aliphatic carboxylic acids is 1. The van der Waals surface area contributed by atoms with Gasteiger partial charge in [-0.25, -0.2) is 0 Å². The number of hydrogen-bond acceptors (Lipinski definition) is 3. The summed E-state index contributed by atoms with van der Waals surface area (Å²) in [6.07, 6.45) is 0. The van der Waals surface area contributed by atoms with Crippen LogP contribution in [0.1, 0.15) is 10.4 Å². The minimum atomic E-state index is -1.22. The molecule has 0 heterocycles. The van der Waals surface area contributed by atoms with Crippen molar-refractivity contribution in [1.29, 1.82) is 0 Å². The average molecular weight is 394 g/mol. The quantitative estimate of drug-likeness (QED) is 0.785. The van der Waals surface area contributed by atoms with E-state index < -0.39 is 30.9 Å². The number of amides is 2. The van der Waals surface area contributed by atoms with Gasteiger partial charge in [0, 0.05) is 14.5 Å². The first-order chi connectivity index (χ1) is 8.79. The molecule has 2 amide bonds. The number of hydrogen-bond donors (Lipinski definition) is 2. The van der Waals surface area contributed by atoms with E-state index >= 15 is 0 Å². The van der Waals surface area contributed by atoms with Gasteiger partial charge in [0.05, 0.1) is 0 Å². The van der Waals surface area contributed by atoms with Gasteiger partial charge in [-0.15, -0.1) is 0 Å². The molecule has 1 rings (SSSR count). The van der Waals surface area contributed by atoms with E-state index in [4.69, 9.17) is 10.8 Å². The van der Waals surface area contributed by atoms with Crippen molar-refractivity contribution in [3.8, 4) is 0 Å². The molecule has 0 saturated heterocycles. The van der Waals surface area contributed by atoms with E-state index in [1.54, 1.807) is 6.07 Å². The van der Waals surface area contributed by atoms with Gasteiger partial charge < -0.3 is 15.7 Å². The fourth-order valence-corrected chi connectivity index (χ4v) is 2.70. The number of nitrogens with two attached hydrogens (primary N) is 1. The highest BCUT2D eigenvalue weighted by molar-refractivity contribution is 9.11. The van der Waals surface area contributed by atoms with Gasteiger partial charge in [0.2, 0.25) is 5.91 Å². The number of nitrogens with zero attached hydrogens (tertiary/aromatic N) is 1. The molecule has 0 aromatic heterocycles. The van der Waals surface area contributed by atoms with E-state index in [9.17, 15) is 14.4 Å². The molecule has 6 nitrogen and oxygen atoms in total. The number of carbonyl (C=O) groups excluding carboxylic acids is 2. The first-order valence-electron chi connectivity index (χ1n) is 5.05. The van der Waals surface area contributed by atoms with Gasteiger partial charge in [0.1, 0.15) is 13.1 Å². The summed E-state index contributed by atoms with van der Waals surface area (Å²) in [7, 11) is 0. The van der Waals surface area contributed by atoms with Crippen LogP contribution in [0.2, 0.25) is 0 Å². The van der Waals surface area contributed by atoms with Crippen molar-refractivity contribution < 1.29 is 19.5 Å². The molecule has 0 atom stereocenters. The molecule has 1 aromatic carbocycles. The zero-order valence-corrected chi connectivity index (χ0v) is 12.8. The third-order valence-electron chi connectivity index (χ3n) is 2.07. The largest absolute Gasteiger partial charge is 0.480 e. The van der Waals surface area contributed by atoms with E-state index in [1.807, 2.05) is 0 Å². The lowest BCUT2D eigenvalue weighted by Crippen LogP contribution is -2.41. The van der Waals surface area contributed by atoms with Gasteiger partial charge >= 0.3 is 5.97 Å². The smallest absolute Gasteiger partial charge is 0.323 e. The summed E-state index contributed by atoms with van der Waals surface area (Å²) in [6, 6.07) is 4.79. The Balaban J connectivity index is 3.03. The first kappa shape index (κ1) is 15.6. The average Bonchev–Trinajstić information content (AvgIpc) is 2.24. The van der Waals surface area contributed by atoms with E-state index in [0.717, 1.165) is 4.90 Å². The molecule has 0 aliphatic rings. The van der Waals surface area contributed by atoms with E-state index in [1.165, 1.54) is 12.1 Å². The van der Waals surface area contributed by atoms with Crippen LogP contribution in [0.15, 0.2) is 27.1 Å². The Labute approximate surface area is 125 Å². The van der Waals surface area contributed by atoms with Crippen molar-refractivity contribution in [3.05, 3.63) is 32.7 Å². The van der Waals surface area contributed by atoms with Crippen LogP contribution < -0.4 is 5.73 Å². The summed E-state index contributed by atoms with van der Waals surface area (Å²) in [4.78, 5) is 34.6. The van der Waals surface area contributed by atoms with Crippen LogP contribution in [0.5, 0.6) is 0 Å². The normalized spacial score (nSPS) is 10.0. The highest BCUT2D eigenvalue weighted by Crippen LogP contribution is 2.21. The standard InChI is InChI=1S/C11H10Br2N2O4/c12-7-1-6(2-8(13)3-7)11(19)15(4-9(14)16)5-10(17)18/h1-3H,4-5H2,(H2,14,16)(H,17,18). The SMILES string of the molecule is NC(=O)CN(CC(=O)O)C(=O)c1cc(Br)cc(Br)c1. The molecule has 0 spiro atoms. The number of rotatable bonds is 5. The summed E-state index contributed by atoms with van der Waals surface area (Å²) in [5.41, 5.74) is 5.25. The lowest BCUT2D eigenvalue weighted by molar-refractivity contribution is -0.138. The predicted octanol–water partition coefficient (Wildman–Crippen LogP) is 1.22. The Morgan fingerprint density at radius 3 is 2.05 bits per heavy atom. The third-order valence-corrected chi connectivity index (χ3v) is 2.99. The Kier molecular flexibility index (Phi) is 5.49.